The minimum absolute atomic E-state index is 0. The Bertz CT molecular complexity index is 962. The van der Waals surface area contributed by atoms with Crippen LogP contribution in [0.25, 0.3) is 5.65 Å². The highest BCUT2D eigenvalue weighted by molar-refractivity contribution is 6.30. The molecule has 0 saturated carbocycles. The van der Waals surface area contributed by atoms with Crippen LogP contribution in [0.5, 0.6) is 5.75 Å². The molecule has 0 bridgehead atoms. The Labute approximate surface area is 152 Å². The van der Waals surface area contributed by atoms with E-state index < -0.39 is 18.8 Å². The van der Waals surface area contributed by atoms with Gasteiger partial charge in [-0.1, -0.05) is 19.0 Å². The van der Waals surface area contributed by atoms with Gasteiger partial charge in [-0.2, -0.15) is 8.78 Å². The number of nitrogens with one attached hydrogen (secondary N) is 1. The number of aromatic nitrogens is 2. The van der Waals surface area contributed by atoms with Crippen molar-refractivity contribution in [3.05, 3.63) is 63.5 Å². The molecule has 26 heavy (non-hydrogen) atoms. The third-order valence-electron chi connectivity index (χ3n) is 3.39. The van der Waals surface area contributed by atoms with E-state index in [0.29, 0.717) is 10.7 Å². The van der Waals surface area contributed by atoms with Gasteiger partial charge in [-0.3, -0.25) is 9.20 Å². The molecule has 3 rings (SSSR count). The van der Waals surface area contributed by atoms with Crippen molar-refractivity contribution >= 4 is 28.8 Å². The van der Waals surface area contributed by atoms with E-state index in [9.17, 15) is 18.7 Å². The number of hydrogen-bond acceptors (Lipinski definition) is 5. The van der Waals surface area contributed by atoms with Gasteiger partial charge >= 0.3 is 6.61 Å². The third-order valence-corrected chi connectivity index (χ3v) is 3.64. The fourth-order valence-electron chi connectivity index (χ4n) is 2.28. The van der Waals surface area contributed by atoms with Gasteiger partial charge in [0, 0.05) is 16.9 Å². The highest BCUT2D eigenvalue weighted by atomic mass is 35.5. The molecule has 2 N–H and O–H groups in total. The van der Waals surface area contributed by atoms with Crippen LogP contribution in [0.4, 0.5) is 20.3 Å². The van der Waals surface area contributed by atoms with E-state index in [2.05, 4.69) is 15.0 Å². The van der Waals surface area contributed by atoms with Gasteiger partial charge in [-0.05, 0) is 36.4 Å². The number of aliphatic hydroxyl groups excluding tert-OH is 1. The molecule has 3 aromatic rings. The fraction of sp³-hybridized carbons (Fsp3) is 0.176. The summed E-state index contributed by atoms with van der Waals surface area (Å²) in [5.74, 6) is -0.210. The molecule has 0 amide bonds. The van der Waals surface area contributed by atoms with Crippen molar-refractivity contribution in [1.29, 1.82) is 0 Å². The number of nitrogens with zero attached hydrogens (tertiary/aromatic N) is 2. The number of benzene rings is 1. The molecule has 2 heterocycles. The van der Waals surface area contributed by atoms with Crippen molar-refractivity contribution in [3.63, 3.8) is 0 Å². The predicted octanol–water partition coefficient (Wildman–Crippen LogP) is 3.82. The molecule has 0 saturated heterocycles. The summed E-state index contributed by atoms with van der Waals surface area (Å²) in [6.45, 7) is -3.64. The van der Waals surface area contributed by atoms with Crippen LogP contribution in [0.1, 0.15) is 13.0 Å². The Morgan fingerprint density at radius 3 is 2.58 bits per heavy atom. The Morgan fingerprint density at radius 1 is 1.27 bits per heavy atom. The number of pyridine rings is 1. The number of hydrogen-bond donors (Lipinski definition) is 2. The first-order valence-electron chi connectivity index (χ1n) is 7.12. The van der Waals surface area contributed by atoms with E-state index in [1.807, 2.05) is 0 Å². The summed E-state index contributed by atoms with van der Waals surface area (Å²) >= 11 is 5.82. The second-order valence-electron chi connectivity index (χ2n) is 4.98. The van der Waals surface area contributed by atoms with Crippen LogP contribution in [-0.4, -0.2) is 21.1 Å². The maximum atomic E-state index is 12.6. The molecule has 0 fully saturated rings. The minimum Gasteiger partial charge on any atom is -0.431 e. The van der Waals surface area contributed by atoms with Crippen molar-refractivity contribution in [3.8, 4) is 5.75 Å². The zero-order valence-electron chi connectivity index (χ0n) is 12.6. The summed E-state index contributed by atoms with van der Waals surface area (Å²) in [6, 6.07) is 9.20. The SMILES string of the molecule is C.O=c1c(CO)c(Nc2ccc(Cl)cc2)nc2c(OC(F)F)cccn12. The van der Waals surface area contributed by atoms with Crippen LogP contribution in [0.3, 0.4) is 0 Å². The predicted molar refractivity (Wildman–Crippen MR) is 95.5 cm³/mol. The zero-order chi connectivity index (χ0) is 18.0. The van der Waals surface area contributed by atoms with E-state index in [1.165, 1.54) is 18.3 Å². The van der Waals surface area contributed by atoms with Crippen molar-refractivity contribution in [1.82, 2.24) is 9.38 Å². The summed E-state index contributed by atoms with van der Waals surface area (Å²) in [5, 5.41) is 12.9. The van der Waals surface area contributed by atoms with Crippen LogP contribution in [0, 0.1) is 0 Å². The van der Waals surface area contributed by atoms with Crippen molar-refractivity contribution in [2.45, 2.75) is 20.6 Å². The van der Waals surface area contributed by atoms with Crippen LogP contribution in [0.2, 0.25) is 5.02 Å². The average Bonchev–Trinajstić information content (AvgIpc) is 2.58. The van der Waals surface area contributed by atoms with Gasteiger partial charge in [0.05, 0.1) is 12.2 Å². The molecule has 0 atom stereocenters. The van der Waals surface area contributed by atoms with E-state index in [-0.39, 0.29) is 30.2 Å². The average molecular weight is 384 g/mol. The molecular formula is C17H16ClF2N3O3. The number of alkyl halides is 2. The first-order chi connectivity index (χ1) is 12.0. The number of aliphatic hydroxyl groups is 1. The van der Waals surface area contributed by atoms with E-state index in [4.69, 9.17) is 11.6 Å². The maximum Gasteiger partial charge on any atom is 0.387 e. The smallest absolute Gasteiger partial charge is 0.387 e. The lowest BCUT2D eigenvalue weighted by atomic mass is 10.2. The Kier molecular flexibility index (Phi) is 6.12. The van der Waals surface area contributed by atoms with Gasteiger partial charge in [0.15, 0.2) is 11.4 Å². The first-order valence-corrected chi connectivity index (χ1v) is 7.50. The molecule has 138 valence electrons. The Balaban J connectivity index is 0.00000243. The summed E-state index contributed by atoms with van der Waals surface area (Å²) in [6.07, 6.45) is 1.36. The quantitative estimate of drug-likeness (QED) is 0.700. The van der Waals surface area contributed by atoms with E-state index in [0.717, 1.165) is 4.40 Å². The van der Waals surface area contributed by atoms with Gasteiger partial charge in [-0.15, -0.1) is 0 Å². The minimum atomic E-state index is -3.06. The first kappa shape index (κ1) is 19.6. The molecule has 6 nitrogen and oxygen atoms in total. The normalized spacial score (nSPS) is 10.7. The van der Waals surface area contributed by atoms with Gasteiger partial charge in [0.1, 0.15) is 5.82 Å². The highest BCUT2D eigenvalue weighted by Crippen LogP contribution is 2.24. The Morgan fingerprint density at radius 2 is 1.96 bits per heavy atom. The summed E-state index contributed by atoms with van der Waals surface area (Å²) in [7, 11) is 0. The maximum absolute atomic E-state index is 12.6. The monoisotopic (exact) mass is 383 g/mol. The lowest BCUT2D eigenvalue weighted by molar-refractivity contribution is -0.0491. The molecule has 0 aliphatic carbocycles. The van der Waals surface area contributed by atoms with Gasteiger partial charge in [-0.25, -0.2) is 4.98 Å². The third kappa shape index (κ3) is 3.92. The number of rotatable bonds is 5. The van der Waals surface area contributed by atoms with Crippen molar-refractivity contribution < 1.29 is 18.6 Å². The molecule has 0 aliphatic heterocycles. The molecular weight excluding hydrogens is 368 g/mol. The largest absolute Gasteiger partial charge is 0.431 e. The van der Waals surface area contributed by atoms with Crippen molar-refractivity contribution in [2.75, 3.05) is 5.32 Å². The lowest BCUT2D eigenvalue weighted by Gasteiger charge is -2.13. The van der Waals surface area contributed by atoms with Crippen molar-refractivity contribution in [2.24, 2.45) is 0 Å². The fourth-order valence-corrected chi connectivity index (χ4v) is 2.40. The van der Waals surface area contributed by atoms with Crippen LogP contribution >= 0.6 is 11.6 Å². The summed E-state index contributed by atoms with van der Waals surface area (Å²) < 4.78 is 30.6. The molecule has 0 spiro atoms. The summed E-state index contributed by atoms with van der Waals surface area (Å²) in [4.78, 5) is 16.7. The van der Waals surface area contributed by atoms with Crippen LogP contribution in [-0.2, 0) is 6.61 Å². The molecule has 2 aromatic heterocycles. The van der Waals surface area contributed by atoms with E-state index >= 15 is 0 Å². The second kappa shape index (κ2) is 8.11. The van der Waals surface area contributed by atoms with E-state index in [1.54, 1.807) is 24.3 Å². The molecule has 0 unspecified atom stereocenters. The number of anilines is 2. The zero-order valence-corrected chi connectivity index (χ0v) is 13.4. The molecule has 9 heteroatoms. The van der Waals surface area contributed by atoms with Crippen LogP contribution in [0.15, 0.2) is 47.4 Å². The molecule has 1 aromatic carbocycles. The van der Waals surface area contributed by atoms with Gasteiger partial charge in [0.25, 0.3) is 5.56 Å². The highest BCUT2D eigenvalue weighted by Gasteiger charge is 2.16. The van der Waals surface area contributed by atoms with Gasteiger partial charge < -0.3 is 15.2 Å². The van der Waals surface area contributed by atoms with Crippen LogP contribution < -0.4 is 15.6 Å². The number of fused-ring (bicyclic) bond motifs is 1. The standard InChI is InChI=1S/C16H12ClF2N3O3.CH4/c17-9-3-5-10(6-4-9)20-13-11(8-23)15(24)22-7-1-2-12(14(22)21-13)25-16(18)19;/h1-7,16,20,23H,8H2;1H4. The van der Waals surface area contributed by atoms with Gasteiger partial charge in [0.2, 0.25) is 0 Å². The lowest BCUT2D eigenvalue weighted by Crippen LogP contribution is -2.22. The molecule has 0 radical (unpaired) electrons. The Hall–Kier alpha value is -2.71. The molecule has 0 aliphatic rings. The number of halogens is 3. The second-order valence-corrected chi connectivity index (χ2v) is 5.42. The topological polar surface area (TPSA) is 75.9 Å². The number of ether oxygens (including phenoxy) is 1. The summed E-state index contributed by atoms with van der Waals surface area (Å²) in [5.41, 5.74) is -0.144.